The van der Waals surface area contributed by atoms with Gasteiger partial charge in [-0.15, -0.1) is 0 Å². The molecule has 0 fully saturated rings. The van der Waals surface area contributed by atoms with Crippen LogP contribution in [0.15, 0.2) is 48.5 Å². The largest absolute Gasteiger partial charge is 0.427 e. The van der Waals surface area contributed by atoms with Gasteiger partial charge in [-0.1, -0.05) is 23.8 Å². The Kier molecular flexibility index (Phi) is 6.28. The van der Waals surface area contributed by atoms with Crippen LogP contribution in [0.4, 0.5) is 0 Å². The molecule has 2 aromatic carbocycles. The molecule has 0 heterocycles. The van der Waals surface area contributed by atoms with E-state index >= 15 is 0 Å². The predicted octanol–water partition coefficient (Wildman–Crippen LogP) is 2.08. The van der Waals surface area contributed by atoms with Crippen molar-refractivity contribution in [3.05, 3.63) is 65.2 Å². The maximum absolute atomic E-state index is 12.1. The zero-order chi connectivity index (χ0) is 18.2. The number of nitrogens with one attached hydrogen (secondary N) is 2. The summed E-state index contributed by atoms with van der Waals surface area (Å²) in [5, 5.41) is 5.45. The molecule has 0 atom stereocenters. The molecule has 0 saturated carbocycles. The SMILES string of the molecule is CC(=O)Oc1cccc(C(=O)NCCNC(=O)c2cccc(C)c2)c1. The number of ether oxygens (including phenoxy) is 1. The van der Waals surface area contributed by atoms with Crippen LogP contribution in [0, 0.1) is 6.92 Å². The Labute approximate surface area is 146 Å². The fraction of sp³-hybridized carbons (Fsp3) is 0.211. The molecular weight excluding hydrogens is 320 g/mol. The number of esters is 1. The second-order valence-corrected chi connectivity index (χ2v) is 5.50. The molecule has 0 bridgehead atoms. The van der Waals surface area contributed by atoms with E-state index in [4.69, 9.17) is 4.74 Å². The third kappa shape index (κ3) is 5.76. The van der Waals surface area contributed by atoms with Crippen LogP contribution in [-0.2, 0) is 4.79 Å². The molecule has 0 aromatic heterocycles. The number of carbonyl (C=O) groups excluding carboxylic acids is 3. The Balaban J connectivity index is 1.80. The highest BCUT2D eigenvalue weighted by molar-refractivity contribution is 5.95. The maximum Gasteiger partial charge on any atom is 0.308 e. The summed E-state index contributed by atoms with van der Waals surface area (Å²) in [5.41, 5.74) is 1.97. The van der Waals surface area contributed by atoms with Crippen molar-refractivity contribution in [1.29, 1.82) is 0 Å². The van der Waals surface area contributed by atoms with Crippen LogP contribution in [0.2, 0.25) is 0 Å². The summed E-state index contributed by atoms with van der Waals surface area (Å²) >= 11 is 0. The lowest BCUT2D eigenvalue weighted by molar-refractivity contribution is -0.131. The van der Waals surface area contributed by atoms with Gasteiger partial charge in [-0.2, -0.15) is 0 Å². The fourth-order valence-electron chi connectivity index (χ4n) is 2.21. The number of hydrogen-bond donors (Lipinski definition) is 2. The van der Waals surface area contributed by atoms with Gasteiger partial charge in [-0.25, -0.2) is 0 Å². The Morgan fingerprint density at radius 2 is 1.44 bits per heavy atom. The number of hydrogen-bond acceptors (Lipinski definition) is 4. The van der Waals surface area contributed by atoms with E-state index in [1.54, 1.807) is 30.3 Å². The van der Waals surface area contributed by atoms with E-state index in [1.807, 2.05) is 19.1 Å². The Morgan fingerprint density at radius 3 is 2.00 bits per heavy atom. The fourth-order valence-corrected chi connectivity index (χ4v) is 2.21. The Morgan fingerprint density at radius 1 is 0.880 bits per heavy atom. The van der Waals surface area contributed by atoms with Crippen LogP contribution in [0.1, 0.15) is 33.2 Å². The first kappa shape index (κ1) is 18.2. The topological polar surface area (TPSA) is 84.5 Å². The average Bonchev–Trinajstić information content (AvgIpc) is 2.58. The van der Waals surface area contributed by atoms with Crippen LogP contribution < -0.4 is 15.4 Å². The molecule has 0 spiro atoms. The summed E-state index contributed by atoms with van der Waals surface area (Å²) in [6, 6.07) is 13.6. The molecule has 130 valence electrons. The zero-order valence-electron chi connectivity index (χ0n) is 14.2. The Hall–Kier alpha value is -3.15. The van der Waals surface area contributed by atoms with E-state index in [9.17, 15) is 14.4 Å². The lowest BCUT2D eigenvalue weighted by Crippen LogP contribution is -2.34. The van der Waals surface area contributed by atoms with Crippen molar-refractivity contribution in [3.8, 4) is 5.75 Å². The summed E-state index contributed by atoms with van der Waals surface area (Å²) in [6.07, 6.45) is 0. The van der Waals surface area contributed by atoms with Crippen molar-refractivity contribution in [2.45, 2.75) is 13.8 Å². The van der Waals surface area contributed by atoms with Crippen molar-refractivity contribution >= 4 is 17.8 Å². The van der Waals surface area contributed by atoms with Crippen LogP contribution in [0.25, 0.3) is 0 Å². The smallest absolute Gasteiger partial charge is 0.308 e. The van der Waals surface area contributed by atoms with Crippen LogP contribution in [0.3, 0.4) is 0 Å². The molecule has 2 N–H and O–H groups in total. The molecule has 0 radical (unpaired) electrons. The standard InChI is InChI=1S/C19H20N2O4/c1-13-5-3-6-15(11-13)18(23)20-9-10-21-19(24)16-7-4-8-17(12-16)25-14(2)22/h3-8,11-12H,9-10H2,1-2H3,(H,20,23)(H,21,24). The Bertz CT molecular complexity index is 786. The molecule has 0 aliphatic rings. The van der Waals surface area contributed by atoms with E-state index in [2.05, 4.69) is 10.6 Å². The third-order valence-corrected chi connectivity index (χ3v) is 3.33. The van der Waals surface area contributed by atoms with Gasteiger partial charge in [0.05, 0.1) is 0 Å². The number of amides is 2. The highest BCUT2D eigenvalue weighted by Gasteiger charge is 2.08. The second kappa shape index (κ2) is 8.63. The second-order valence-electron chi connectivity index (χ2n) is 5.50. The van der Waals surface area contributed by atoms with Gasteiger partial charge >= 0.3 is 5.97 Å². The first-order chi connectivity index (χ1) is 12.0. The lowest BCUT2D eigenvalue weighted by Gasteiger charge is -2.08. The van der Waals surface area contributed by atoms with E-state index in [0.717, 1.165) is 5.56 Å². The lowest BCUT2D eigenvalue weighted by atomic mass is 10.1. The van der Waals surface area contributed by atoms with Crippen molar-refractivity contribution in [3.63, 3.8) is 0 Å². The summed E-state index contributed by atoms with van der Waals surface area (Å²) in [5.74, 6) is -0.627. The van der Waals surface area contributed by atoms with Crippen molar-refractivity contribution < 1.29 is 19.1 Å². The maximum atomic E-state index is 12.1. The third-order valence-electron chi connectivity index (χ3n) is 3.33. The molecule has 0 aliphatic heterocycles. The van der Waals surface area contributed by atoms with Gasteiger partial charge in [0.1, 0.15) is 5.75 Å². The highest BCUT2D eigenvalue weighted by atomic mass is 16.5. The van der Waals surface area contributed by atoms with E-state index in [1.165, 1.54) is 13.0 Å². The molecule has 0 aliphatic carbocycles. The molecule has 6 heteroatoms. The van der Waals surface area contributed by atoms with Crippen LogP contribution >= 0.6 is 0 Å². The van der Waals surface area contributed by atoms with Gasteiger partial charge < -0.3 is 15.4 Å². The molecule has 25 heavy (non-hydrogen) atoms. The number of benzene rings is 2. The monoisotopic (exact) mass is 340 g/mol. The van der Waals surface area contributed by atoms with Crippen molar-refractivity contribution in [2.24, 2.45) is 0 Å². The molecule has 6 nitrogen and oxygen atoms in total. The van der Waals surface area contributed by atoms with Crippen molar-refractivity contribution in [2.75, 3.05) is 13.1 Å². The van der Waals surface area contributed by atoms with Crippen LogP contribution in [-0.4, -0.2) is 30.9 Å². The first-order valence-corrected chi connectivity index (χ1v) is 7.87. The summed E-state index contributed by atoms with van der Waals surface area (Å²) in [7, 11) is 0. The normalized spacial score (nSPS) is 10.0. The molecular formula is C19H20N2O4. The van der Waals surface area contributed by atoms with Gasteiger partial charge in [0, 0.05) is 31.1 Å². The van der Waals surface area contributed by atoms with Gasteiger partial charge in [0.15, 0.2) is 0 Å². The minimum atomic E-state index is -0.448. The molecule has 0 saturated heterocycles. The van der Waals surface area contributed by atoms with E-state index in [0.29, 0.717) is 23.4 Å². The van der Waals surface area contributed by atoms with Gasteiger partial charge in [-0.3, -0.25) is 14.4 Å². The first-order valence-electron chi connectivity index (χ1n) is 7.87. The van der Waals surface area contributed by atoms with Crippen LogP contribution in [0.5, 0.6) is 5.75 Å². The van der Waals surface area contributed by atoms with Gasteiger partial charge in [0.2, 0.25) is 0 Å². The molecule has 2 aromatic rings. The number of carbonyl (C=O) groups is 3. The van der Waals surface area contributed by atoms with Crippen molar-refractivity contribution in [1.82, 2.24) is 10.6 Å². The average molecular weight is 340 g/mol. The minimum Gasteiger partial charge on any atom is -0.427 e. The minimum absolute atomic E-state index is 0.185. The zero-order valence-corrected chi connectivity index (χ0v) is 14.2. The predicted molar refractivity (Wildman–Crippen MR) is 93.6 cm³/mol. The highest BCUT2D eigenvalue weighted by Crippen LogP contribution is 2.13. The number of rotatable bonds is 6. The number of aryl methyl sites for hydroxylation is 1. The summed E-state index contributed by atoms with van der Waals surface area (Å²) in [4.78, 5) is 35.0. The van der Waals surface area contributed by atoms with Gasteiger partial charge in [0.25, 0.3) is 11.8 Å². The van der Waals surface area contributed by atoms with E-state index < -0.39 is 5.97 Å². The molecule has 2 rings (SSSR count). The summed E-state index contributed by atoms with van der Waals surface area (Å²) in [6.45, 7) is 3.81. The van der Waals surface area contributed by atoms with Gasteiger partial charge in [-0.05, 0) is 37.3 Å². The quantitative estimate of drug-likeness (QED) is 0.479. The molecule has 2 amide bonds. The molecule has 0 unspecified atom stereocenters. The van der Waals surface area contributed by atoms with E-state index in [-0.39, 0.29) is 18.4 Å². The summed E-state index contributed by atoms with van der Waals surface area (Å²) < 4.78 is 4.94.